The number of hydrogen-bond donors (Lipinski definition) is 2. The Bertz CT molecular complexity index is 810. The summed E-state index contributed by atoms with van der Waals surface area (Å²) in [6.07, 6.45) is 19.6. The quantitative estimate of drug-likeness (QED) is 0.0553. The second kappa shape index (κ2) is 24.5. The van der Waals surface area contributed by atoms with Gasteiger partial charge in [0.1, 0.15) is 0 Å². The molecule has 3 atom stereocenters. The van der Waals surface area contributed by atoms with Crippen molar-refractivity contribution in [2.75, 3.05) is 24.7 Å². The van der Waals surface area contributed by atoms with E-state index in [0.717, 1.165) is 19.3 Å². The molecule has 1 rings (SSSR count). The number of carboxylic acids is 1. The van der Waals surface area contributed by atoms with Crippen molar-refractivity contribution in [3.8, 4) is 0 Å². The number of thioether (sulfide) groups is 1. The van der Waals surface area contributed by atoms with E-state index in [2.05, 4.69) is 49.9 Å². The predicted molar refractivity (Wildman–Crippen MR) is 172 cm³/mol. The third kappa shape index (κ3) is 18.3. The van der Waals surface area contributed by atoms with Gasteiger partial charge in [-0.2, -0.15) is 11.8 Å². The Kier molecular flexibility index (Phi) is 22.7. The molecule has 0 aliphatic heterocycles. The number of ether oxygens (including phenoxy) is 2. The van der Waals surface area contributed by atoms with Crippen molar-refractivity contribution in [2.24, 2.45) is 0 Å². The molecule has 0 saturated heterocycles. The molecule has 0 amide bonds. The Morgan fingerprint density at radius 1 is 0.902 bits per heavy atom. The van der Waals surface area contributed by atoms with E-state index in [9.17, 15) is 14.5 Å². The Morgan fingerprint density at radius 3 is 2.27 bits per heavy atom. The molecule has 2 N–H and O–H groups in total. The summed E-state index contributed by atoms with van der Waals surface area (Å²) >= 11 is 2.14. The molecule has 6 nitrogen and oxygen atoms in total. The topological polar surface area (TPSA) is 93.1 Å². The van der Waals surface area contributed by atoms with Crippen molar-refractivity contribution >= 4 is 26.2 Å². The highest BCUT2D eigenvalue weighted by Crippen LogP contribution is 2.29. The summed E-state index contributed by atoms with van der Waals surface area (Å²) in [6, 6.07) is 9.31. The van der Waals surface area contributed by atoms with E-state index in [-0.39, 0.29) is 12.7 Å². The molecule has 1 aromatic rings. The molecule has 3 unspecified atom stereocenters. The van der Waals surface area contributed by atoms with Gasteiger partial charge in [0.05, 0.1) is 12.7 Å². The number of carboxylic acid groups (broad SMARTS) is 1. The fourth-order valence-electron chi connectivity index (χ4n) is 4.98. The van der Waals surface area contributed by atoms with E-state index >= 15 is 0 Å². The van der Waals surface area contributed by atoms with Crippen molar-refractivity contribution < 1.29 is 29.0 Å². The lowest BCUT2D eigenvalue weighted by Crippen LogP contribution is -2.35. The van der Waals surface area contributed by atoms with Crippen LogP contribution in [0.2, 0.25) is 0 Å². The minimum atomic E-state index is -2.66. The Morgan fingerprint density at radius 2 is 1.59 bits per heavy atom. The smallest absolute Gasteiger partial charge is 0.377 e. The highest BCUT2D eigenvalue weighted by atomic mass is 32.2. The summed E-state index contributed by atoms with van der Waals surface area (Å²) < 4.78 is 21.3. The molecule has 0 aromatic heterocycles. The number of unbranched alkanes of at least 4 members (excludes halogenated alkanes) is 9. The van der Waals surface area contributed by atoms with Gasteiger partial charge in [0.25, 0.3) is 0 Å². The van der Waals surface area contributed by atoms with Crippen LogP contribution in [0.15, 0.2) is 24.3 Å². The van der Waals surface area contributed by atoms with Crippen LogP contribution in [0.25, 0.3) is 0 Å². The lowest BCUT2D eigenvalue weighted by atomic mass is 9.89. The van der Waals surface area contributed by atoms with E-state index in [1.54, 1.807) is 5.56 Å². The normalized spacial score (nSPS) is 14.6. The highest BCUT2D eigenvalue weighted by molar-refractivity contribution is 7.99. The summed E-state index contributed by atoms with van der Waals surface area (Å²) in [5.74, 6) is 1.57. The molecular weight excluding hydrogens is 555 g/mol. The molecule has 8 heteroatoms. The molecule has 0 spiro atoms. The number of hydrogen-bond acceptors (Lipinski definition) is 6. The zero-order chi connectivity index (χ0) is 30.2. The highest BCUT2D eigenvalue weighted by Gasteiger charge is 2.38. The van der Waals surface area contributed by atoms with Crippen molar-refractivity contribution in [3.05, 3.63) is 35.4 Å². The molecule has 0 aliphatic carbocycles. The van der Waals surface area contributed by atoms with Crippen LogP contribution in [0.4, 0.5) is 0 Å². The minimum absolute atomic E-state index is 0.0322. The van der Waals surface area contributed by atoms with Gasteiger partial charge in [-0.25, -0.2) is 4.79 Å². The maximum atomic E-state index is 10.8. The van der Waals surface area contributed by atoms with E-state index in [1.807, 2.05) is 6.92 Å². The van der Waals surface area contributed by atoms with Crippen LogP contribution in [-0.4, -0.2) is 52.5 Å². The van der Waals surface area contributed by atoms with E-state index < -0.39 is 20.0 Å². The number of aryl methyl sites for hydroxylation is 1. The Labute approximate surface area is 256 Å². The zero-order valence-corrected chi connectivity index (χ0v) is 27.7. The number of carbonyl (C=O) groups is 1. The van der Waals surface area contributed by atoms with Crippen LogP contribution in [0.5, 0.6) is 0 Å². The maximum Gasteiger partial charge on any atom is 0.377 e. The Balaban J connectivity index is 2.08. The lowest BCUT2D eigenvalue weighted by Gasteiger charge is -2.18. The van der Waals surface area contributed by atoms with Crippen molar-refractivity contribution in [3.63, 3.8) is 0 Å². The van der Waals surface area contributed by atoms with Crippen LogP contribution in [0, 0.1) is 0 Å². The summed E-state index contributed by atoms with van der Waals surface area (Å²) in [6.45, 7) is 6.95. The molecule has 41 heavy (non-hydrogen) atoms. The van der Waals surface area contributed by atoms with E-state index in [0.29, 0.717) is 18.9 Å². The number of rotatable bonds is 28. The first-order valence-corrected chi connectivity index (χ1v) is 18.0. The van der Waals surface area contributed by atoms with E-state index in [1.165, 1.54) is 94.1 Å². The molecule has 1 aromatic carbocycles. The van der Waals surface area contributed by atoms with Gasteiger partial charge in [-0.3, -0.25) is 4.57 Å². The summed E-state index contributed by atoms with van der Waals surface area (Å²) in [7, 11) is -0.981. The zero-order valence-electron chi connectivity index (χ0n) is 26.0. The molecule has 0 fully saturated rings. The van der Waals surface area contributed by atoms with Gasteiger partial charge in [0.15, 0.2) is 0 Å². The third-order valence-electron chi connectivity index (χ3n) is 7.64. The predicted octanol–water partition coefficient (Wildman–Crippen LogP) is 9.38. The average Bonchev–Trinajstić information content (AvgIpc) is 2.98. The first-order chi connectivity index (χ1) is 19.9. The van der Waals surface area contributed by atoms with Gasteiger partial charge in [-0.05, 0) is 74.0 Å². The average molecular weight is 613 g/mol. The second-order valence-corrected chi connectivity index (χ2v) is 13.2. The van der Waals surface area contributed by atoms with Crippen molar-refractivity contribution in [2.45, 2.75) is 141 Å². The molecule has 0 heterocycles. The molecular formula is C33H57O6PS. The number of benzene rings is 1. The van der Waals surface area contributed by atoms with Gasteiger partial charge < -0.3 is 19.7 Å². The first-order valence-electron chi connectivity index (χ1n) is 16.1. The second-order valence-electron chi connectivity index (χ2n) is 11.2. The largest absolute Gasteiger partial charge is 0.477 e. The summed E-state index contributed by atoms with van der Waals surface area (Å²) in [5, 5.41) is 18.3. The molecule has 0 radical (unpaired) electrons. The molecule has 0 aliphatic rings. The van der Waals surface area contributed by atoms with E-state index in [4.69, 9.17) is 14.6 Å². The lowest BCUT2D eigenvalue weighted by molar-refractivity contribution is -0.190. The number of aliphatic carboxylic acids is 1. The SMILES string of the molecule is CCCCCCCC(CCSCCCCCCCCC(C)OCCCOC(O)(P=O)C(=O)O)c1cccc(CC)c1. The minimum Gasteiger partial charge on any atom is -0.477 e. The Hall–Kier alpha value is -0.980. The van der Waals surface area contributed by atoms with Crippen LogP contribution >= 0.6 is 20.2 Å². The van der Waals surface area contributed by atoms with Gasteiger partial charge in [-0.1, -0.05) is 102 Å². The van der Waals surface area contributed by atoms with Crippen LogP contribution in [0.3, 0.4) is 0 Å². The fraction of sp³-hybridized carbons (Fsp3) is 0.788. The number of aliphatic hydroxyl groups is 1. The monoisotopic (exact) mass is 612 g/mol. The van der Waals surface area contributed by atoms with Crippen LogP contribution in [-0.2, 0) is 25.3 Å². The first kappa shape index (κ1) is 38.0. The van der Waals surface area contributed by atoms with Gasteiger partial charge in [0.2, 0.25) is 8.46 Å². The summed E-state index contributed by atoms with van der Waals surface area (Å²) in [4.78, 5) is 10.8. The summed E-state index contributed by atoms with van der Waals surface area (Å²) in [5.41, 5.74) is 0.352. The standard InChI is InChI=1S/C33H57O6PS/c1-4-6-7-10-14-20-30(31-21-16-19-29(5-2)27-31)22-26-41-25-15-12-9-8-11-13-18-28(3)38-23-17-24-39-33(36,40-37)32(34)35/h16,19,21,27-28,30,36H,4-15,17-18,20,22-26H2,1-3H3,(H,34,35). The van der Waals surface area contributed by atoms with Gasteiger partial charge in [0, 0.05) is 6.61 Å². The maximum absolute atomic E-state index is 10.8. The van der Waals surface area contributed by atoms with Crippen molar-refractivity contribution in [1.29, 1.82) is 0 Å². The van der Waals surface area contributed by atoms with Crippen LogP contribution < -0.4 is 0 Å². The molecule has 236 valence electrons. The van der Waals surface area contributed by atoms with Gasteiger partial charge >= 0.3 is 11.5 Å². The molecule has 0 saturated carbocycles. The van der Waals surface area contributed by atoms with Crippen molar-refractivity contribution in [1.82, 2.24) is 0 Å². The third-order valence-corrected chi connectivity index (χ3v) is 9.31. The molecule has 0 bridgehead atoms. The van der Waals surface area contributed by atoms with Gasteiger partial charge in [-0.15, -0.1) is 0 Å². The van der Waals surface area contributed by atoms with Crippen LogP contribution in [0.1, 0.15) is 134 Å². The fourth-order valence-corrected chi connectivity index (χ4v) is 6.26.